The monoisotopic (exact) mass is 1020 g/mol. The molecule has 0 N–H and O–H groups in total. The molecule has 0 aliphatic carbocycles. The van der Waals surface area contributed by atoms with Gasteiger partial charge < -0.3 is 14.2 Å². The molecule has 0 aromatic heterocycles. The van der Waals surface area contributed by atoms with Gasteiger partial charge in [-0.05, 0) is 64.2 Å². The van der Waals surface area contributed by atoms with Crippen molar-refractivity contribution in [2.75, 3.05) is 13.2 Å². The summed E-state index contributed by atoms with van der Waals surface area (Å²) in [7, 11) is 0. The van der Waals surface area contributed by atoms with Crippen LogP contribution in [-0.2, 0) is 28.6 Å². The van der Waals surface area contributed by atoms with E-state index in [1.807, 2.05) is 48.6 Å². The standard InChI is InChI=1S/C67H116O6/c1-4-7-10-13-16-19-22-25-28-31-33-36-39-42-45-48-51-54-57-60-66(69)72-63-64(62-71-65(68)59-56-53-50-47-44-41-38-35-30-27-24-21-18-15-12-9-6-3)73-67(70)61-58-55-52-49-46-43-40-37-34-32-29-26-23-20-17-14-11-8-5-2/h9,12,15,18,21,24,27,30-31,33,35,38,41,44,64H,4-8,10-11,13-14,16-17,19-20,22-23,25-26,28-29,32,34,36-37,39-40,42-43,45-63H2,1-3H3/b12-9-,18-15-,24-21-,30-27-,33-31-,38-35+,44-41-. The molecule has 0 radical (unpaired) electrons. The van der Waals surface area contributed by atoms with Crippen molar-refractivity contribution in [2.24, 2.45) is 0 Å². The molecular weight excluding hydrogens is 901 g/mol. The van der Waals surface area contributed by atoms with Crippen LogP contribution in [0.15, 0.2) is 85.1 Å². The summed E-state index contributed by atoms with van der Waals surface area (Å²) in [5.41, 5.74) is 0. The Morgan fingerprint density at radius 3 is 0.890 bits per heavy atom. The number of hydrogen-bond acceptors (Lipinski definition) is 6. The average Bonchev–Trinajstić information content (AvgIpc) is 3.39. The van der Waals surface area contributed by atoms with E-state index in [9.17, 15) is 14.4 Å². The Balaban J connectivity index is 4.43. The van der Waals surface area contributed by atoms with Gasteiger partial charge in [-0.25, -0.2) is 0 Å². The molecule has 0 fully saturated rings. The summed E-state index contributed by atoms with van der Waals surface area (Å²) in [4.78, 5) is 38.3. The molecular formula is C67H116O6. The van der Waals surface area contributed by atoms with Crippen LogP contribution in [0, 0.1) is 0 Å². The number of esters is 3. The first kappa shape index (κ1) is 69.6. The molecule has 420 valence electrons. The van der Waals surface area contributed by atoms with Gasteiger partial charge in [0.1, 0.15) is 13.2 Å². The summed E-state index contributed by atoms with van der Waals surface area (Å²) in [6, 6.07) is 0. The molecule has 0 bridgehead atoms. The van der Waals surface area contributed by atoms with Crippen molar-refractivity contribution in [1.82, 2.24) is 0 Å². The van der Waals surface area contributed by atoms with E-state index in [0.29, 0.717) is 19.3 Å². The Kier molecular flexibility index (Phi) is 58.3. The summed E-state index contributed by atoms with van der Waals surface area (Å²) in [5, 5.41) is 0. The molecule has 0 saturated carbocycles. The first-order chi connectivity index (χ1) is 36.0. The number of carbonyl (C=O) groups excluding carboxylic acids is 3. The van der Waals surface area contributed by atoms with E-state index in [2.05, 4.69) is 57.2 Å². The van der Waals surface area contributed by atoms with E-state index in [0.717, 1.165) is 70.6 Å². The summed E-state index contributed by atoms with van der Waals surface area (Å²) >= 11 is 0. The summed E-state index contributed by atoms with van der Waals surface area (Å²) in [6.45, 7) is 6.49. The van der Waals surface area contributed by atoms with Crippen molar-refractivity contribution in [2.45, 2.75) is 309 Å². The van der Waals surface area contributed by atoms with Gasteiger partial charge in [0, 0.05) is 19.3 Å². The highest BCUT2D eigenvalue weighted by Crippen LogP contribution is 2.17. The molecule has 1 atom stereocenters. The topological polar surface area (TPSA) is 78.9 Å². The molecule has 0 spiro atoms. The minimum absolute atomic E-state index is 0.0911. The minimum atomic E-state index is -0.797. The number of unbranched alkanes of at least 4 members (excludes halogenated alkanes) is 36. The maximum Gasteiger partial charge on any atom is 0.306 e. The third kappa shape index (κ3) is 59.3. The van der Waals surface area contributed by atoms with Crippen LogP contribution in [0.1, 0.15) is 303 Å². The SMILES string of the molecule is CC\C=C/C=C\C=C/C=C\C=C\C=C/CCCCCC(=O)OCC(COC(=O)CCCCCCCCC/C=C\CCCCCCCCCC)OC(=O)CCCCCCCCCCCCCCCCCCCCC. The molecule has 0 amide bonds. The van der Waals surface area contributed by atoms with E-state index < -0.39 is 6.10 Å². The van der Waals surface area contributed by atoms with Crippen molar-refractivity contribution >= 4 is 17.9 Å². The normalized spacial score (nSPS) is 12.6. The first-order valence-corrected chi connectivity index (χ1v) is 31.2. The fraction of sp³-hybridized carbons (Fsp3) is 0.746. The highest BCUT2D eigenvalue weighted by atomic mass is 16.6. The van der Waals surface area contributed by atoms with Crippen LogP contribution in [0.3, 0.4) is 0 Å². The predicted octanol–water partition coefficient (Wildman–Crippen LogP) is 21.1. The lowest BCUT2D eigenvalue weighted by atomic mass is 10.0. The molecule has 0 aromatic rings. The Hall–Kier alpha value is -3.41. The number of carbonyl (C=O) groups is 3. The van der Waals surface area contributed by atoms with Crippen LogP contribution in [-0.4, -0.2) is 37.2 Å². The third-order valence-corrected chi connectivity index (χ3v) is 13.5. The smallest absolute Gasteiger partial charge is 0.306 e. The number of hydrogen-bond donors (Lipinski definition) is 0. The highest BCUT2D eigenvalue weighted by Gasteiger charge is 2.19. The van der Waals surface area contributed by atoms with Gasteiger partial charge in [-0.1, -0.05) is 305 Å². The van der Waals surface area contributed by atoms with Crippen molar-refractivity contribution in [3.63, 3.8) is 0 Å². The van der Waals surface area contributed by atoms with Crippen LogP contribution >= 0.6 is 0 Å². The molecule has 6 heteroatoms. The lowest BCUT2D eigenvalue weighted by Crippen LogP contribution is -2.30. The highest BCUT2D eigenvalue weighted by molar-refractivity contribution is 5.71. The van der Waals surface area contributed by atoms with Crippen LogP contribution < -0.4 is 0 Å². The summed E-state index contributed by atoms with van der Waals surface area (Å²) in [6.07, 6.45) is 80.1. The fourth-order valence-electron chi connectivity index (χ4n) is 8.88. The van der Waals surface area contributed by atoms with Crippen LogP contribution in [0.4, 0.5) is 0 Å². The zero-order chi connectivity index (χ0) is 52.9. The van der Waals surface area contributed by atoms with Gasteiger partial charge in [0.25, 0.3) is 0 Å². The molecule has 73 heavy (non-hydrogen) atoms. The zero-order valence-electron chi connectivity index (χ0n) is 48.1. The largest absolute Gasteiger partial charge is 0.462 e. The molecule has 0 saturated heterocycles. The van der Waals surface area contributed by atoms with Gasteiger partial charge in [-0.3, -0.25) is 14.4 Å². The first-order valence-electron chi connectivity index (χ1n) is 31.2. The maximum absolute atomic E-state index is 12.9. The molecule has 0 aliphatic heterocycles. The van der Waals surface area contributed by atoms with Crippen molar-refractivity contribution < 1.29 is 28.6 Å². The van der Waals surface area contributed by atoms with E-state index in [1.54, 1.807) is 0 Å². The van der Waals surface area contributed by atoms with Crippen molar-refractivity contribution in [3.05, 3.63) is 85.1 Å². The Bertz CT molecular complexity index is 1400. The summed E-state index contributed by atoms with van der Waals surface area (Å²) < 4.78 is 16.9. The molecule has 0 heterocycles. The number of rotatable bonds is 56. The van der Waals surface area contributed by atoms with Gasteiger partial charge in [0.05, 0.1) is 0 Å². The van der Waals surface area contributed by atoms with Gasteiger partial charge in [-0.2, -0.15) is 0 Å². The lowest BCUT2D eigenvalue weighted by Gasteiger charge is -2.18. The second-order valence-electron chi connectivity index (χ2n) is 20.7. The quantitative estimate of drug-likeness (QED) is 0.0199. The van der Waals surface area contributed by atoms with Gasteiger partial charge >= 0.3 is 17.9 Å². The van der Waals surface area contributed by atoms with E-state index in [4.69, 9.17) is 14.2 Å². The second-order valence-corrected chi connectivity index (χ2v) is 20.7. The van der Waals surface area contributed by atoms with Gasteiger partial charge in [0.2, 0.25) is 0 Å². The van der Waals surface area contributed by atoms with E-state index in [-0.39, 0.29) is 31.1 Å². The second kappa shape index (κ2) is 61.1. The Morgan fingerprint density at radius 2 is 0.548 bits per heavy atom. The Labute approximate surface area is 452 Å². The van der Waals surface area contributed by atoms with E-state index >= 15 is 0 Å². The molecule has 0 aromatic carbocycles. The van der Waals surface area contributed by atoms with E-state index in [1.165, 1.54) is 193 Å². The predicted molar refractivity (Wildman–Crippen MR) is 316 cm³/mol. The summed E-state index contributed by atoms with van der Waals surface area (Å²) in [5.74, 6) is -0.927. The third-order valence-electron chi connectivity index (χ3n) is 13.5. The van der Waals surface area contributed by atoms with Gasteiger partial charge in [-0.15, -0.1) is 0 Å². The molecule has 0 aliphatic rings. The van der Waals surface area contributed by atoms with Gasteiger partial charge in [0.15, 0.2) is 6.10 Å². The maximum atomic E-state index is 12.9. The number of allylic oxidation sites excluding steroid dienone is 14. The lowest BCUT2D eigenvalue weighted by molar-refractivity contribution is -0.167. The van der Waals surface area contributed by atoms with Crippen LogP contribution in [0.2, 0.25) is 0 Å². The Morgan fingerprint density at radius 1 is 0.288 bits per heavy atom. The number of ether oxygens (including phenoxy) is 3. The average molecular weight is 1020 g/mol. The van der Waals surface area contributed by atoms with Crippen molar-refractivity contribution in [3.8, 4) is 0 Å². The molecule has 0 rings (SSSR count). The zero-order valence-corrected chi connectivity index (χ0v) is 48.1. The van der Waals surface area contributed by atoms with Crippen LogP contribution in [0.5, 0.6) is 0 Å². The fourth-order valence-corrected chi connectivity index (χ4v) is 8.88. The van der Waals surface area contributed by atoms with Crippen molar-refractivity contribution in [1.29, 1.82) is 0 Å². The minimum Gasteiger partial charge on any atom is -0.462 e. The molecule has 1 unspecified atom stereocenters. The van der Waals surface area contributed by atoms with Crippen LogP contribution in [0.25, 0.3) is 0 Å². The molecule has 6 nitrogen and oxygen atoms in total.